The van der Waals surface area contributed by atoms with E-state index in [1.54, 1.807) is 18.2 Å². The molecule has 1 aromatic carbocycles. The lowest BCUT2D eigenvalue weighted by Crippen LogP contribution is -2.20. The van der Waals surface area contributed by atoms with Crippen LogP contribution in [0.2, 0.25) is 5.02 Å². The standard InChI is InChI=1S/C13H18ClNO2/c1-9(2)6-7-15(3)10-4-5-11(13(16)17)12(14)8-10/h4-5,8-9H,6-7H2,1-3H3,(H,16,17). The fraction of sp³-hybridized carbons (Fsp3) is 0.462. The lowest BCUT2D eigenvalue weighted by molar-refractivity contribution is 0.0697. The Labute approximate surface area is 107 Å². The van der Waals surface area contributed by atoms with Crippen LogP contribution in [0.4, 0.5) is 5.69 Å². The number of nitrogens with zero attached hydrogens (tertiary/aromatic N) is 1. The zero-order valence-corrected chi connectivity index (χ0v) is 11.2. The monoisotopic (exact) mass is 255 g/mol. The van der Waals surface area contributed by atoms with Gasteiger partial charge < -0.3 is 10.0 Å². The van der Waals surface area contributed by atoms with Gasteiger partial charge in [0.05, 0.1) is 10.6 Å². The molecular weight excluding hydrogens is 238 g/mol. The average molecular weight is 256 g/mol. The van der Waals surface area contributed by atoms with Gasteiger partial charge >= 0.3 is 5.97 Å². The molecule has 0 unspecified atom stereocenters. The highest BCUT2D eigenvalue weighted by molar-refractivity contribution is 6.33. The molecule has 0 radical (unpaired) electrons. The molecule has 0 aliphatic heterocycles. The highest BCUT2D eigenvalue weighted by Crippen LogP contribution is 2.23. The zero-order chi connectivity index (χ0) is 13.0. The van der Waals surface area contributed by atoms with Crippen LogP contribution in [0.1, 0.15) is 30.6 Å². The minimum absolute atomic E-state index is 0.146. The second-order valence-corrected chi connectivity index (χ2v) is 4.98. The van der Waals surface area contributed by atoms with Gasteiger partial charge in [0.2, 0.25) is 0 Å². The maximum Gasteiger partial charge on any atom is 0.337 e. The molecule has 0 saturated heterocycles. The van der Waals surface area contributed by atoms with Crippen LogP contribution in [0.3, 0.4) is 0 Å². The van der Waals surface area contributed by atoms with Crippen LogP contribution in [0.25, 0.3) is 0 Å². The predicted molar refractivity (Wildman–Crippen MR) is 71.1 cm³/mol. The lowest BCUT2D eigenvalue weighted by atomic mass is 10.1. The topological polar surface area (TPSA) is 40.5 Å². The predicted octanol–water partition coefficient (Wildman–Crippen LogP) is 3.52. The molecule has 0 fully saturated rings. The Morgan fingerprint density at radius 3 is 2.59 bits per heavy atom. The summed E-state index contributed by atoms with van der Waals surface area (Å²) >= 11 is 5.92. The molecule has 0 bridgehead atoms. The normalized spacial score (nSPS) is 10.6. The number of halogens is 1. The van der Waals surface area contributed by atoms with Crippen molar-refractivity contribution in [2.45, 2.75) is 20.3 Å². The number of hydrogen-bond donors (Lipinski definition) is 1. The van der Waals surface area contributed by atoms with Gasteiger partial charge in [-0.3, -0.25) is 0 Å². The first-order valence-electron chi connectivity index (χ1n) is 5.65. The summed E-state index contributed by atoms with van der Waals surface area (Å²) in [5.74, 6) is -0.349. The molecule has 0 spiro atoms. The summed E-state index contributed by atoms with van der Waals surface area (Å²) < 4.78 is 0. The van der Waals surface area contributed by atoms with E-state index in [0.29, 0.717) is 5.92 Å². The first-order chi connectivity index (χ1) is 7.91. The molecule has 17 heavy (non-hydrogen) atoms. The number of carboxylic acid groups (broad SMARTS) is 1. The van der Waals surface area contributed by atoms with E-state index in [1.807, 2.05) is 7.05 Å². The maximum atomic E-state index is 10.8. The van der Waals surface area contributed by atoms with Crippen molar-refractivity contribution in [2.24, 2.45) is 5.92 Å². The summed E-state index contributed by atoms with van der Waals surface area (Å²) in [4.78, 5) is 12.9. The summed E-state index contributed by atoms with van der Waals surface area (Å²) in [5, 5.41) is 9.16. The van der Waals surface area contributed by atoms with Crippen molar-refractivity contribution in [3.63, 3.8) is 0 Å². The van der Waals surface area contributed by atoms with E-state index in [2.05, 4.69) is 18.7 Å². The Morgan fingerprint density at radius 1 is 1.47 bits per heavy atom. The molecule has 0 heterocycles. The number of aromatic carboxylic acids is 1. The van der Waals surface area contributed by atoms with Crippen molar-refractivity contribution in [1.29, 1.82) is 0 Å². The van der Waals surface area contributed by atoms with Gasteiger partial charge in [0, 0.05) is 19.3 Å². The van der Waals surface area contributed by atoms with Crippen molar-refractivity contribution in [1.82, 2.24) is 0 Å². The highest BCUT2D eigenvalue weighted by Gasteiger charge is 2.10. The number of benzene rings is 1. The molecule has 94 valence electrons. The van der Waals surface area contributed by atoms with Gasteiger partial charge in [0.1, 0.15) is 0 Å². The van der Waals surface area contributed by atoms with Gasteiger partial charge in [-0.1, -0.05) is 25.4 Å². The average Bonchev–Trinajstić information content (AvgIpc) is 2.25. The molecule has 3 nitrogen and oxygen atoms in total. The zero-order valence-electron chi connectivity index (χ0n) is 10.4. The molecule has 0 saturated carbocycles. The van der Waals surface area contributed by atoms with E-state index in [-0.39, 0.29) is 10.6 Å². The summed E-state index contributed by atoms with van der Waals surface area (Å²) in [5.41, 5.74) is 1.09. The molecular formula is C13H18ClNO2. The highest BCUT2D eigenvalue weighted by atomic mass is 35.5. The third kappa shape index (κ3) is 3.93. The third-order valence-electron chi connectivity index (χ3n) is 2.67. The Kier molecular flexibility index (Phi) is 4.82. The maximum absolute atomic E-state index is 10.8. The quantitative estimate of drug-likeness (QED) is 0.875. The SMILES string of the molecule is CC(C)CCN(C)c1ccc(C(=O)O)c(Cl)c1. The van der Waals surface area contributed by atoms with Crippen molar-refractivity contribution in [3.05, 3.63) is 28.8 Å². The molecule has 1 aromatic rings. The first-order valence-corrected chi connectivity index (χ1v) is 6.03. The molecule has 0 atom stereocenters. The van der Waals surface area contributed by atoms with E-state index in [0.717, 1.165) is 18.7 Å². The fourth-order valence-corrected chi connectivity index (χ4v) is 1.75. The van der Waals surface area contributed by atoms with Crippen molar-refractivity contribution < 1.29 is 9.90 Å². The molecule has 4 heteroatoms. The third-order valence-corrected chi connectivity index (χ3v) is 2.98. The van der Waals surface area contributed by atoms with E-state index in [9.17, 15) is 4.79 Å². The summed E-state index contributed by atoms with van der Waals surface area (Å²) in [7, 11) is 1.98. The summed E-state index contributed by atoms with van der Waals surface area (Å²) in [6, 6.07) is 5.03. The minimum Gasteiger partial charge on any atom is -0.478 e. The Bertz CT molecular complexity index is 404. The van der Waals surface area contributed by atoms with E-state index in [4.69, 9.17) is 16.7 Å². The van der Waals surface area contributed by atoms with Gasteiger partial charge in [-0.2, -0.15) is 0 Å². The molecule has 1 rings (SSSR count). The van der Waals surface area contributed by atoms with Crippen molar-refractivity contribution in [2.75, 3.05) is 18.5 Å². The van der Waals surface area contributed by atoms with Crippen LogP contribution >= 0.6 is 11.6 Å². The van der Waals surface area contributed by atoms with Gasteiger partial charge in [-0.05, 0) is 30.5 Å². The van der Waals surface area contributed by atoms with Crippen LogP contribution in [0.15, 0.2) is 18.2 Å². The number of carbonyl (C=O) groups is 1. The van der Waals surface area contributed by atoms with Crippen LogP contribution in [0, 0.1) is 5.92 Å². The minimum atomic E-state index is -0.994. The molecule has 0 amide bonds. The number of anilines is 1. The van der Waals surface area contributed by atoms with Crippen molar-refractivity contribution >= 4 is 23.3 Å². The van der Waals surface area contributed by atoms with Crippen molar-refractivity contribution in [3.8, 4) is 0 Å². The number of rotatable bonds is 5. The van der Waals surface area contributed by atoms with Crippen LogP contribution in [-0.2, 0) is 0 Å². The number of hydrogen-bond acceptors (Lipinski definition) is 2. The second kappa shape index (κ2) is 5.92. The summed E-state index contributed by atoms with van der Waals surface area (Å²) in [6.45, 7) is 5.28. The van der Waals surface area contributed by atoms with Gasteiger partial charge in [-0.25, -0.2) is 4.79 Å². The van der Waals surface area contributed by atoms with Crippen LogP contribution in [0.5, 0.6) is 0 Å². The Hall–Kier alpha value is -1.22. The largest absolute Gasteiger partial charge is 0.478 e. The Morgan fingerprint density at radius 2 is 2.12 bits per heavy atom. The smallest absolute Gasteiger partial charge is 0.337 e. The van der Waals surface area contributed by atoms with Crippen LogP contribution < -0.4 is 4.90 Å². The molecule has 0 aliphatic rings. The second-order valence-electron chi connectivity index (χ2n) is 4.57. The molecule has 1 N–H and O–H groups in total. The fourth-order valence-electron chi connectivity index (χ4n) is 1.50. The summed E-state index contributed by atoms with van der Waals surface area (Å²) in [6.07, 6.45) is 1.09. The first kappa shape index (κ1) is 13.8. The lowest BCUT2D eigenvalue weighted by Gasteiger charge is -2.20. The van der Waals surface area contributed by atoms with E-state index in [1.165, 1.54) is 0 Å². The van der Waals surface area contributed by atoms with Gasteiger partial charge in [0.15, 0.2) is 0 Å². The van der Waals surface area contributed by atoms with Gasteiger partial charge in [-0.15, -0.1) is 0 Å². The van der Waals surface area contributed by atoms with E-state index < -0.39 is 5.97 Å². The van der Waals surface area contributed by atoms with Crippen LogP contribution in [-0.4, -0.2) is 24.7 Å². The molecule has 0 aromatic heterocycles. The van der Waals surface area contributed by atoms with E-state index >= 15 is 0 Å². The molecule has 0 aliphatic carbocycles. The number of carboxylic acids is 1. The van der Waals surface area contributed by atoms with Gasteiger partial charge in [0.25, 0.3) is 0 Å². The Balaban J connectivity index is 2.79.